The lowest BCUT2D eigenvalue weighted by molar-refractivity contribution is -0.0257. The van der Waals surface area contributed by atoms with Crippen LogP contribution in [0.5, 0.6) is 0 Å². The first kappa shape index (κ1) is 13.8. The standard InChI is InChI=1S/C10H23NO3/c1-4-10(3,11)8-14-7-9(12)6-13-5-2/h9,12H,4-8,11H2,1-3H3. The maximum atomic E-state index is 9.36. The summed E-state index contributed by atoms with van der Waals surface area (Å²) in [6, 6.07) is 0. The van der Waals surface area contributed by atoms with Crippen LogP contribution in [0.3, 0.4) is 0 Å². The van der Waals surface area contributed by atoms with E-state index < -0.39 is 6.10 Å². The second-order valence-electron chi connectivity index (χ2n) is 3.84. The van der Waals surface area contributed by atoms with Gasteiger partial charge in [-0.3, -0.25) is 0 Å². The smallest absolute Gasteiger partial charge is 0.101 e. The fourth-order valence-corrected chi connectivity index (χ4v) is 0.832. The van der Waals surface area contributed by atoms with Crippen LogP contribution in [0.15, 0.2) is 0 Å². The van der Waals surface area contributed by atoms with E-state index in [-0.39, 0.29) is 12.1 Å². The van der Waals surface area contributed by atoms with E-state index >= 15 is 0 Å². The lowest BCUT2D eigenvalue weighted by atomic mass is 10.0. The minimum atomic E-state index is -0.553. The number of nitrogens with two attached hydrogens (primary N) is 1. The van der Waals surface area contributed by atoms with Gasteiger partial charge in [-0.1, -0.05) is 6.92 Å². The molecule has 0 aliphatic carbocycles. The zero-order chi connectivity index (χ0) is 11.0. The van der Waals surface area contributed by atoms with Crippen molar-refractivity contribution in [3.63, 3.8) is 0 Å². The first-order chi connectivity index (χ1) is 6.52. The van der Waals surface area contributed by atoms with E-state index in [1.54, 1.807) is 0 Å². The van der Waals surface area contributed by atoms with Gasteiger partial charge in [-0.05, 0) is 20.3 Å². The fraction of sp³-hybridized carbons (Fsp3) is 1.00. The second-order valence-corrected chi connectivity index (χ2v) is 3.84. The summed E-state index contributed by atoms with van der Waals surface area (Å²) >= 11 is 0. The van der Waals surface area contributed by atoms with Crippen LogP contribution in [0.25, 0.3) is 0 Å². The minimum absolute atomic E-state index is 0.285. The van der Waals surface area contributed by atoms with Crippen LogP contribution < -0.4 is 5.73 Å². The Balaban J connectivity index is 3.43. The quantitative estimate of drug-likeness (QED) is 0.606. The largest absolute Gasteiger partial charge is 0.388 e. The third-order valence-corrected chi connectivity index (χ3v) is 2.06. The highest BCUT2D eigenvalue weighted by atomic mass is 16.5. The predicted molar refractivity (Wildman–Crippen MR) is 56.2 cm³/mol. The molecule has 2 atom stereocenters. The molecule has 0 bridgehead atoms. The predicted octanol–water partition coefficient (Wildman–Crippen LogP) is 0.528. The van der Waals surface area contributed by atoms with Gasteiger partial charge in [0.1, 0.15) is 6.10 Å². The zero-order valence-electron chi connectivity index (χ0n) is 9.45. The summed E-state index contributed by atoms with van der Waals surface area (Å²) in [6.45, 7) is 7.52. The van der Waals surface area contributed by atoms with Gasteiger partial charge in [0.25, 0.3) is 0 Å². The van der Waals surface area contributed by atoms with Gasteiger partial charge in [0.15, 0.2) is 0 Å². The van der Waals surface area contributed by atoms with Crippen LogP contribution in [0.4, 0.5) is 0 Å². The Morgan fingerprint density at radius 2 is 1.86 bits per heavy atom. The molecular formula is C10H23NO3. The van der Waals surface area contributed by atoms with E-state index in [0.29, 0.717) is 19.8 Å². The molecule has 0 aromatic heterocycles. The van der Waals surface area contributed by atoms with Gasteiger partial charge in [0, 0.05) is 12.1 Å². The third-order valence-electron chi connectivity index (χ3n) is 2.06. The zero-order valence-corrected chi connectivity index (χ0v) is 9.45. The van der Waals surface area contributed by atoms with E-state index in [9.17, 15) is 5.11 Å². The molecule has 3 N–H and O–H groups in total. The molecule has 2 unspecified atom stereocenters. The average molecular weight is 205 g/mol. The van der Waals surface area contributed by atoms with Crippen molar-refractivity contribution < 1.29 is 14.6 Å². The molecule has 0 aliphatic heterocycles. The summed E-state index contributed by atoms with van der Waals surface area (Å²) < 4.78 is 10.3. The molecule has 4 heteroatoms. The molecule has 86 valence electrons. The maximum Gasteiger partial charge on any atom is 0.101 e. The number of rotatable bonds is 8. The molecule has 0 aliphatic rings. The molecular weight excluding hydrogens is 182 g/mol. The number of ether oxygens (including phenoxy) is 2. The maximum absolute atomic E-state index is 9.36. The summed E-state index contributed by atoms with van der Waals surface area (Å²) in [5, 5.41) is 9.36. The molecule has 14 heavy (non-hydrogen) atoms. The van der Waals surface area contributed by atoms with E-state index in [1.807, 2.05) is 20.8 Å². The van der Waals surface area contributed by atoms with Crippen molar-refractivity contribution in [3.05, 3.63) is 0 Å². The molecule has 0 spiro atoms. The number of aliphatic hydroxyl groups is 1. The minimum Gasteiger partial charge on any atom is -0.388 e. The third kappa shape index (κ3) is 7.26. The Morgan fingerprint density at radius 1 is 1.29 bits per heavy atom. The average Bonchev–Trinajstić information content (AvgIpc) is 2.14. The SMILES string of the molecule is CCOCC(O)COCC(C)(N)CC. The molecule has 0 amide bonds. The van der Waals surface area contributed by atoms with Crippen molar-refractivity contribution in [3.8, 4) is 0 Å². The monoisotopic (exact) mass is 205 g/mol. The van der Waals surface area contributed by atoms with E-state index in [4.69, 9.17) is 15.2 Å². The summed E-state index contributed by atoms with van der Waals surface area (Å²) in [7, 11) is 0. The first-order valence-electron chi connectivity index (χ1n) is 5.14. The van der Waals surface area contributed by atoms with Gasteiger partial charge in [0.05, 0.1) is 19.8 Å². The highest BCUT2D eigenvalue weighted by Crippen LogP contribution is 2.04. The molecule has 0 rings (SSSR count). The van der Waals surface area contributed by atoms with Crippen molar-refractivity contribution in [2.75, 3.05) is 26.4 Å². The van der Waals surface area contributed by atoms with Crippen LogP contribution in [0.1, 0.15) is 27.2 Å². The van der Waals surface area contributed by atoms with E-state index in [2.05, 4.69) is 0 Å². The molecule has 0 aromatic carbocycles. The van der Waals surface area contributed by atoms with Crippen molar-refractivity contribution in [2.24, 2.45) is 5.73 Å². The topological polar surface area (TPSA) is 64.7 Å². The summed E-state index contributed by atoms with van der Waals surface area (Å²) in [6.07, 6.45) is 0.303. The number of aliphatic hydroxyl groups excluding tert-OH is 1. The van der Waals surface area contributed by atoms with E-state index in [1.165, 1.54) is 0 Å². The molecule has 0 fully saturated rings. The van der Waals surface area contributed by atoms with E-state index in [0.717, 1.165) is 6.42 Å². The Hall–Kier alpha value is -0.160. The van der Waals surface area contributed by atoms with Crippen LogP contribution >= 0.6 is 0 Å². The fourth-order valence-electron chi connectivity index (χ4n) is 0.832. The summed E-state index contributed by atoms with van der Waals surface area (Å²) in [5.74, 6) is 0. The van der Waals surface area contributed by atoms with Crippen LogP contribution in [-0.4, -0.2) is 43.2 Å². The molecule has 0 saturated carbocycles. The van der Waals surface area contributed by atoms with Crippen LogP contribution in [-0.2, 0) is 9.47 Å². The lowest BCUT2D eigenvalue weighted by Crippen LogP contribution is -2.41. The summed E-state index contributed by atoms with van der Waals surface area (Å²) in [4.78, 5) is 0. The highest BCUT2D eigenvalue weighted by molar-refractivity contribution is 4.75. The Labute approximate surface area is 86.4 Å². The Kier molecular flexibility index (Phi) is 7.09. The van der Waals surface area contributed by atoms with Gasteiger partial charge in [-0.25, -0.2) is 0 Å². The van der Waals surface area contributed by atoms with Crippen molar-refractivity contribution in [1.82, 2.24) is 0 Å². The molecule has 4 nitrogen and oxygen atoms in total. The molecule has 0 saturated heterocycles. The number of hydrogen-bond acceptors (Lipinski definition) is 4. The van der Waals surface area contributed by atoms with Gasteiger partial charge in [-0.15, -0.1) is 0 Å². The highest BCUT2D eigenvalue weighted by Gasteiger charge is 2.16. The first-order valence-corrected chi connectivity index (χ1v) is 5.14. The van der Waals surface area contributed by atoms with Gasteiger partial charge in [-0.2, -0.15) is 0 Å². The second kappa shape index (κ2) is 7.17. The molecule has 0 radical (unpaired) electrons. The number of hydrogen-bond donors (Lipinski definition) is 2. The normalized spacial score (nSPS) is 17.8. The van der Waals surface area contributed by atoms with Crippen LogP contribution in [0.2, 0.25) is 0 Å². The Morgan fingerprint density at radius 3 is 2.36 bits per heavy atom. The summed E-state index contributed by atoms with van der Waals surface area (Å²) in [5.41, 5.74) is 5.56. The van der Waals surface area contributed by atoms with Gasteiger partial charge < -0.3 is 20.3 Å². The van der Waals surface area contributed by atoms with Gasteiger partial charge >= 0.3 is 0 Å². The van der Waals surface area contributed by atoms with Crippen molar-refractivity contribution >= 4 is 0 Å². The molecule has 0 heterocycles. The van der Waals surface area contributed by atoms with Gasteiger partial charge in [0.2, 0.25) is 0 Å². The lowest BCUT2D eigenvalue weighted by Gasteiger charge is -2.23. The Bertz CT molecular complexity index is 139. The van der Waals surface area contributed by atoms with Crippen molar-refractivity contribution in [2.45, 2.75) is 38.8 Å². The molecule has 0 aromatic rings. The van der Waals surface area contributed by atoms with Crippen molar-refractivity contribution in [1.29, 1.82) is 0 Å². The van der Waals surface area contributed by atoms with Crippen LogP contribution in [0, 0.1) is 0 Å².